The molecule has 2 atom stereocenters. The van der Waals surface area contributed by atoms with Crippen LogP contribution in [-0.4, -0.2) is 28.8 Å². The van der Waals surface area contributed by atoms with E-state index in [0.29, 0.717) is 29.2 Å². The molecule has 0 saturated carbocycles. The van der Waals surface area contributed by atoms with E-state index in [4.69, 9.17) is 9.84 Å². The average Bonchev–Trinajstić information content (AvgIpc) is 2.83. The van der Waals surface area contributed by atoms with Gasteiger partial charge in [-0.3, -0.25) is 9.59 Å². The summed E-state index contributed by atoms with van der Waals surface area (Å²) >= 11 is 1.13. The summed E-state index contributed by atoms with van der Waals surface area (Å²) in [5, 5.41) is 11.5. The van der Waals surface area contributed by atoms with Crippen molar-refractivity contribution in [3.8, 4) is 5.75 Å². The maximum atomic E-state index is 13.5. The largest absolute Gasteiger partial charge is 0.493 e. The fourth-order valence-electron chi connectivity index (χ4n) is 2.93. The predicted molar refractivity (Wildman–Crippen MR) is 101 cm³/mol. The van der Waals surface area contributed by atoms with Gasteiger partial charge in [0.2, 0.25) is 0 Å². The van der Waals surface area contributed by atoms with Crippen LogP contribution in [0.2, 0.25) is 0 Å². The number of hydrogen-bond donors (Lipinski definition) is 2. The minimum atomic E-state index is -0.938. The molecule has 7 heteroatoms. The SMILES string of the molecule is CC(Sc1ccccc1C(=O)NC1CCCOc2cc(F)ccc21)C(=O)O. The Morgan fingerprint density at radius 3 is 2.85 bits per heavy atom. The van der Waals surface area contributed by atoms with Gasteiger partial charge in [-0.1, -0.05) is 18.2 Å². The summed E-state index contributed by atoms with van der Waals surface area (Å²) in [7, 11) is 0. The van der Waals surface area contributed by atoms with Gasteiger partial charge < -0.3 is 15.2 Å². The fourth-order valence-corrected chi connectivity index (χ4v) is 3.86. The Balaban J connectivity index is 1.83. The number of nitrogens with one attached hydrogen (secondary N) is 1. The standard InChI is InChI=1S/C20H20FNO4S/c1-12(20(24)25)27-18-7-3-2-5-15(18)19(23)22-16-6-4-10-26-17-11-13(21)8-9-14(16)17/h2-3,5,7-9,11-12,16H,4,6,10H2,1H3,(H,22,23)(H,24,25). The van der Waals surface area contributed by atoms with Crippen molar-refractivity contribution in [2.45, 2.75) is 36.0 Å². The van der Waals surface area contributed by atoms with E-state index < -0.39 is 11.2 Å². The number of benzene rings is 2. The number of ether oxygens (including phenoxy) is 1. The number of thioether (sulfide) groups is 1. The smallest absolute Gasteiger partial charge is 0.316 e. The second-order valence-electron chi connectivity index (χ2n) is 6.29. The molecule has 1 aliphatic heterocycles. The molecule has 0 fully saturated rings. The van der Waals surface area contributed by atoms with E-state index in [1.165, 1.54) is 12.1 Å². The van der Waals surface area contributed by atoms with Gasteiger partial charge in [0.1, 0.15) is 16.8 Å². The van der Waals surface area contributed by atoms with Crippen LogP contribution in [-0.2, 0) is 4.79 Å². The van der Waals surface area contributed by atoms with E-state index in [-0.39, 0.29) is 17.8 Å². The van der Waals surface area contributed by atoms with E-state index in [1.54, 1.807) is 37.3 Å². The van der Waals surface area contributed by atoms with Gasteiger partial charge in [0.05, 0.1) is 18.2 Å². The summed E-state index contributed by atoms with van der Waals surface area (Å²) in [5.74, 6) is -1.17. The number of carbonyl (C=O) groups is 2. The Labute approximate surface area is 160 Å². The Bertz CT molecular complexity index is 858. The summed E-state index contributed by atoms with van der Waals surface area (Å²) in [4.78, 5) is 24.6. The van der Waals surface area contributed by atoms with Crippen molar-refractivity contribution in [3.05, 3.63) is 59.4 Å². The highest BCUT2D eigenvalue weighted by molar-refractivity contribution is 8.00. The molecular weight excluding hydrogens is 369 g/mol. The third kappa shape index (κ3) is 4.60. The van der Waals surface area contributed by atoms with Gasteiger partial charge in [-0.05, 0) is 38.0 Å². The first-order valence-corrected chi connectivity index (χ1v) is 9.55. The number of carbonyl (C=O) groups excluding carboxylic acids is 1. The first-order chi connectivity index (χ1) is 13.0. The Morgan fingerprint density at radius 2 is 2.07 bits per heavy atom. The van der Waals surface area contributed by atoms with Crippen molar-refractivity contribution in [1.82, 2.24) is 5.32 Å². The van der Waals surface area contributed by atoms with Crippen LogP contribution in [0.25, 0.3) is 0 Å². The van der Waals surface area contributed by atoms with Crippen LogP contribution in [0.5, 0.6) is 5.75 Å². The number of hydrogen-bond acceptors (Lipinski definition) is 4. The van der Waals surface area contributed by atoms with E-state index in [9.17, 15) is 14.0 Å². The van der Waals surface area contributed by atoms with Crippen LogP contribution in [0.1, 0.15) is 41.7 Å². The van der Waals surface area contributed by atoms with Crippen molar-refractivity contribution in [2.75, 3.05) is 6.61 Å². The summed E-state index contributed by atoms with van der Waals surface area (Å²) in [6.45, 7) is 2.04. The molecule has 2 aromatic carbocycles. The summed E-state index contributed by atoms with van der Waals surface area (Å²) in [5.41, 5.74) is 1.16. The van der Waals surface area contributed by atoms with Gasteiger partial charge in [-0.15, -0.1) is 11.8 Å². The quantitative estimate of drug-likeness (QED) is 0.755. The zero-order valence-electron chi connectivity index (χ0n) is 14.8. The molecule has 2 unspecified atom stereocenters. The maximum Gasteiger partial charge on any atom is 0.316 e. The van der Waals surface area contributed by atoms with Crippen LogP contribution in [0.3, 0.4) is 0 Å². The van der Waals surface area contributed by atoms with Crippen LogP contribution >= 0.6 is 11.8 Å². The number of carboxylic acids is 1. The Morgan fingerprint density at radius 1 is 1.30 bits per heavy atom. The highest BCUT2D eigenvalue weighted by Gasteiger charge is 2.24. The predicted octanol–water partition coefficient (Wildman–Crippen LogP) is 4.03. The van der Waals surface area contributed by atoms with Gasteiger partial charge >= 0.3 is 5.97 Å². The average molecular weight is 389 g/mol. The molecule has 5 nitrogen and oxygen atoms in total. The van der Waals surface area contributed by atoms with Crippen molar-refractivity contribution >= 4 is 23.6 Å². The monoisotopic (exact) mass is 389 g/mol. The van der Waals surface area contributed by atoms with Crippen molar-refractivity contribution < 1.29 is 23.8 Å². The minimum Gasteiger partial charge on any atom is -0.493 e. The first kappa shape index (κ1) is 19.2. The minimum absolute atomic E-state index is 0.294. The van der Waals surface area contributed by atoms with Crippen LogP contribution in [0, 0.1) is 5.82 Å². The van der Waals surface area contributed by atoms with Crippen molar-refractivity contribution in [1.29, 1.82) is 0 Å². The first-order valence-electron chi connectivity index (χ1n) is 8.67. The number of carboxylic acid groups (broad SMARTS) is 1. The van der Waals surface area contributed by atoms with E-state index >= 15 is 0 Å². The molecule has 1 aliphatic rings. The molecule has 0 radical (unpaired) electrons. The third-order valence-corrected chi connectivity index (χ3v) is 5.50. The van der Waals surface area contributed by atoms with Gasteiger partial charge in [-0.2, -0.15) is 0 Å². The summed E-state index contributed by atoms with van der Waals surface area (Å²) in [6.07, 6.45) is 1.40. The second kappa shape index (κ2) is 8.43. The zero-order valence-corrected chi connectivity index (χ0v) is 15.6. The Hall–Kier alpha value is -2.54. The van der Waals surface area contributed by atoms with Crippen LogP contribution in [0.15, 0.2) is 47.4 Å². The van der Waals surface area contributed by atoms with Gasteiger partial charge in [0.15, 0.2) is 0 Å². The highest BCUT2D eigenvalue weighted by atomic mass is 32.2. The van der Waals surface area contributed by atoms with Gasteiger partial charge in [0, 0.05) is 16.5 Å². The Kier molecular flexibility index (Phi) is 6.01. The fraction of sp³-hybridized carbons (Fsp3) is 0.300. The molecule has 1 heterocycles. The third-order valence-electron chi connectivity index (χ3n) is 4.33. The molecule has 1 amide bonds. The van der Waals surface area contributed by atoms with E-state index in [1.807, 2.05) is 0 Å². The molecule has 2 aromatic rings. The second-order valence-corrected chi connectivity index (χ2v) is 7.68. The lowest BCUT2D eigenvalue weighted by Crippen LogP contribution is -2.29. The van der Waals surface area contributed by atoms with Gasteiger partial charge in [0.25, 0.3) is 5.91 Å². The summed E-state index contributed by atoms with van der Waals surface area (Å²) < 4.78 is 19.1. The molecule has 0 aromatic heterocycles. The lowest BCUT2D eigenvalue weighted by molar-refractivity contribution is -0.136. The number of aliphatic carboxylic acids is 1. The molecule has 0 saturated heterocycles. The number of halogens is 1. The number of fused-ring (bicyclic) bond motifs is 1. The molecule has 142 valence electrons. The van der Waals surface area contributed by atoms with Crippen LogP contribution < -0.4 is 10.1 Å². The summed E-state index contributed by atoms with van der Waals surface area (Å²) in [6, 6.07) is 10.9. The lowest BCUT2D eigenvalue weighted by atomic mass is 10.0. The van der Waals surface area contributed by atoms with E-state index in [0.717, 1.165) is 23.7 Å². The molecule has 0 aliphatic carbocycles. The van der Waals surface area contributed by atoms with Crippen LogP contribution in [0.4, 0.5) is 4.39 Å². The molecular formula is C20H20FNO4S. The molecule has 2 N–H and O–H groups in total. The van der Waals surface area contributed by atoms with Gasteiger partial charge in [-0.25, -0.2) is 4.39 Å². The topological polar surface area (TPSA) is 75.6 Å². The number of amides is 1. The number of rotatable bonds is 5. The lowest BCUT2D eigenvalue weighted by Gasteiger charge is -2.19. The maximum absolute atomic E-state index is 13.5. The molecule has 27 heavy (non-hydrogen) atoms. The van der Waals surface area contributed by atoms with E-state index in [2.05, 4.69) is 5.32 Å². The highest BCUT2D eigenvalue weighted by Crippen LogP contribution is 2.33. The molecule has 3 rings (SSSR count). The molecule has 0 spiro atoms. The normalized spacial score (nSPS) is 17.2. The molecule has 0 bridgehead atoms. The zero-order chi connectivity index (χ0) is 19.4. The van der Waals surface area contributed by atoms with Crippen molar-refractivity contribution in [3.63, 3.8) is 0 Å². The van der Waals surface area contributed by atoms with Crippen molar-refractivity contribution in [2.24, 2.45) is 0 Å².